The van der Waals surface area contributed by atoms with E-state index in [1.807, 2.05) is 23.1 Å². The molecule has 2 unspecified atom stereocenters. The van der Waals surface area contributed by atoms with E-state index in [4.69, 9.17) is 4.98 Å². The van der Waals surface area contributed by atoms with Gasteiger partial charge in [-0.05, 0) is 38.6 Å². The number of thiazole rings is 1. The van der Waals surface area contributed by atoms with Crippen LogP contribution in [0.2, 0.25) is 0 Å². The van der Waals surface area contributed by atoms with Crippen molar-refractivity contribution >= 4 is 23.1 Å². The first-order valence-corrected chi connectivity index (χ1v) is 9.44. The third-order valence-corrected chi connectivity index (χ3v) is 6.36. The third kappa shape index (κ3) is 4.20. The summed E-state index contributed by atoms with van der Waals surface area (Å²) in [4.78, 5) is 6.47. The Kier molecular flexibility index (Phi) is 6.17. The molecule has 1 N–H and O–H groups in total. The van der Waals surface area contributed by atoms with Crippen LogP contribution in [0.3, 0.4) is 0 Å². The molecule has 0 saturated heterocycles. The number of fused-ring (bicyclic) bond motifs is 1. The van der Waals surface area contributed by atoms with Gasteiger partial charge in [-0.15, -0.1) is 11.3 Å². The van der Waals surface area contributed by atoms with Gasteiger partial charge in [0, 0.05) is 15.9 Å². The summed E-state index contributed by atoms with van der Waals surface area (Å²) in [5.41, 5.74) is 1.37. The Morgan fingerprint density at radius 3 is 3.05 bits per heavy atom. The summed E-state index contributed by atoms with van der Waals surface area (Å²) in [6.07, 6.45) is 6.26. The fourth-order valence-electron chi connectivity index (χ4n) is 2.38. The zero-order valence-electron chi connectivity index (χ0n) is 12.4. The second kappa shape index (κ2) is 7.65. The number of hydrogen-bond acceptors (Lipinski definition) is 4. The second-order valence-corrected chi connectivity index (χ2v) is 7.94. The number of aryl methyl sites for hydroxylation is 1. The summed E-state index contributed by atoms with van der Waals surface area (Å²) < 4.78 is 0. The lowest BCUT2D eigenvalue weighted by molar-refractivity contribution is 0.454. The largest absolute Gasteiger partial charge is 0.309 e. The lowest BCUT2D eigenvalue weighted by Gasteiger charge is -2.22. The number of thioether (sulfide) groups is 1. The smallest absolute Gasteiger partial charge is 0.103 e. The molecule has 1 aliphatic rings. The van der Waals surface area contributed by atoms with Gasteiger partial charge in [-0.3, -0.25) is 0 Å². The van der Waals surface area contributed by atoms with Gasteiger partial charge in [-0.1, -0.05) is 20.8 Å². The molecule has 108 valence electrons. The molecule has 0 aliphatic heterocycles. The highest BCUT2D eigenvalue weighted by molar-refractivity contribution is 7.99. The van der Waals surface area contributed by atoms with Gasteiger partial charge in [0.05, 0.1) is 11.7 Å². The van der Waals surface area contributed by atoms with E-state index in [9.17, 15) is 0 Å². The van der Waals surface area contributed by atoms with E-state index >= 15 is 0 Å². The Balaban J connectivity index is 1.99. The van der Waals surface area contributed by atoms with Crippen molar-refractivity contribution in [1.29, 1.82) is 0 Å². The molecular weight excluding hydrogens is 272 g/mol. The molecule has 1 aromatic heterocycles. The first-order valence-electron chi connectivity index (χ1n) is 7.58. The van der Waals surface area contributed by atoms with E-state index in [0.29, 0.717) is 6.04 Å². The Morgan fingerprint density at radius 1 is 1.47 bits per heavy atom. The lowest BCUT2D eigenvalue weighted by Crippen LogP contribution is -2.25. The van der Waals surface area contributed by atoms with E-state index in [1.165, 1.54) is 42.8 Å². The summed E-state index contributed by atoms with van der Waals surface area (Å²) in [5.74, 6) is 1.09. The van der Waals surface area contributed by atoms with Gasteiger partial charge in [-0.2, -0.15) is 11.8 Å². The van der Waals surface area contributed by atoms with Crippen molar-refractivity contribution in [2.45, 2.75) is 69.9 Å². The Hall–Kier alpha value is -0.0600. The van der Waals surface area contributed by atoms with Crippen LogP contribution >= 0.6 is 23.1 Å². The minimum atomic E-state index is 0.516. The SMILES string of the molecule is CCCNC1CCCc2sc(CSC(C)CC)nc21. The molecule has 1 aliphatic carbocycles. The van der Waals surface area contributed by atoms with Crippen LogP contribution in [-0.2, 0) is 12.2 Å². The molecule has 4 heteroatoms. The molecule has 19 heavy (non-hydrogen) atoms. The summed E-state index contributed by atoms with van der Waals surface area (Å²) >= 11 is 3.99. The normalized spacial score (nSPS) is 20.3. The number of nitrogens with one attached hydrogen (secondary N) is 1. The van der Waals surface area contributed by atoms with E-state index in [0.717, 1.165) is 17.5 Å². The van der Waals surface area contributed by atoms with Crippen molar-refractivity contribution in [3.8, 4) is 0 Å². The van der Waals surface area contributed by atoms with E-state index < -0.39 is 0 Å². The standard InChI is InChI=1S/C15H26N2S2/c1-4-9-16-12-7-6-8-13-15(12)17-14(19-13)10-18-11(3)5-2/h11-12,16H,4-10H2,1-3H3. The van der Waals surface area contributed by atoms with Crippen molar-refractivity contribution in [2.75, 3.05) is 6.54 Å². The van der Waals surface area contributed by atoms with Crippen molar-refractivity contribution in [2.24, 2.45) is 0 Å². The van der Waals surface area contributed by atoms with Crippen molar-refractivity contribution < 1.29 is 0 Å². The lowest BCUT2D eigenvalue weighted by atomic mass is 9.97. The number of hydrogen-bond donors (Lipinski definition) is 1. The second-order valence-electron chi connectivity index (χ2n) is 5.34. The molecule has 0 amide bonds. The molecule has 0 radical (unpaired) electrons. The van der Waals surface area contributed by atoms with E-state index in [2.05, 4.69) is 26.1 Å². The first kappa shape index (κ1) is 15.3. The van der Waals surface area contributed by atoms with Crippen molar-refractivity contribution in [3.63, 3.8) is 0 Å². The topological polar surface area (TPSA) is 24.9 Å². The molecule has 1 heterocycles. The van der Waals surface area contributed by atoms with Gasteiger partial charge >= 0.3 is 0 Å². The van der Waals surface area contributed by atoms with Gasteiger partial charge in [0.1, 0.15) is 5.01 Å². The molecule has 0 saturated carbocycles. The average molecular weight is 299 g/mol. The zero-order chi connectivity index (χ0) is 13.7. The molecule has 2 nitrogen and oxygen atoms in total. The highest BCUT2D eigenvalue weighted by atomic mass is 32.2. The Bertz CT molecular complexity index is 389. The monoisotopic (exact) mass is 298 g/mol. The van der Waals surface area contributed by atoms with Crippen molar-refractivity contribution in [1.82, 2.24) is 10.3 Å². The molecule has 1 aromatic rings. The maximum Gasteiger partial charge on any atom is 0.103 e. The quantitative estimate of drug-likeness (QED) is 0.799. The van der Waals surface area contributed by atoms with Gasteiger partial charge in [0.15, 0.2) is 0 Å². The molecule has 0 bridgehead atoms. The van der Waals surface area contributed by atoms with Crippen LogP contribution in [0.1, 0.15) is 68.1 Å². The maximum absolute atomic E-state index is 4.93. The summed E-state index contributed by atoms with van der Waals surface area (Å²) in [6, 6.07) is 0.516. The van der Waals surface area contributed by atoms with Crippen LogP contribution in [0.4, 0.5) is 0 Å². The summed E-state index contributed by atoms with van der Waals surface area (Å²) in [7, 11) is 0. The van der Waals surface area contributed by atoms with Gasteiger partial charge in [0.25, 0.3) is 0 Å². The minimum absolute atomic E-state index is 0.516. The predicted octanol–water partition coefficient (Wildman–Crippen LogP) is 4.55. The highest BCUT2D eigenvalue weighted by Gasteiger charge is 2.24. The van der Waals surface area contributed by atoms with Gasteiger partial charge in [-0.25, -0.2) is 4.98 Å². The summed E-state index contributed by atoms with van der Waals surface area (Å²) in [6.45, 7) is 7.91. The van der Waals surface area contributed by atoms with Gasteiger partial charge < -0.3 is 5.32 Å². The van der Waals surface area contributed by atoms with Crippen LogP contribution in [0, 0.1) is 0 Å². The van der Waals surface area contributed by atoms with Crippen LogP contribution in [0.25, 0.3) is 0 Å². The fourth-order valence-corrected chi connectivity index (χ4v) is 4.51. The molecule has 0 spiro atoms. The minimum Gasteiger partial charge on any atom is -0.309 e. The molecular formula is C15H26N2S2. The molecule has 0 fully saturated rings. The van der Waals surface area contributed by atoms with Crippen LogP contribution < -0.4 is 5.32 Å². The zero-order valence-corrected chi connectivity index (χ0v) is 14.0. The first-order chi connectivity index (χ1) is 9.24. The van der Waals surface area contributed by atoms with Crippen LogP contribution in [0.15, 0.2) is 0 Å². The van der Waals surface area contributed by atoms with Crippen molar-refractivity contribution in [3.05, 3.63) is 15.6 Å². The number of aromatic nitrogens is 1. The molecule has 2 rings (SSSR count). The van der Waals surface area contributed by atoms with Crippen LogP contribution in [0.5, 0.6) is 0 Å². The number of nitrogens with zero attached hydrogens (tertiary/aromatic N) is 1. The van der Waals surface area contributed by atoms with E-state index in [1.54, 1.807) is 4.88 Å². The van der Waals surface area contributed by atoms with Gasteiger partial charge in [0.2, 0.25) is 0 Å². The summed E-state index contributed by atoms with van der Waals surface area (Å²) in [5, 5.41) is 5.73. The van der Waals surface area contributed by atoms with E-state index in [-0.39, 0.29) is 0 Å². The predicted molar refractivity (Wildman–Crippen MR) is 87.1 cm³/mol. The Labute approximate surface area is 125 Å². The fraction of sp³-hybridized carbons (Fsp3) is 0.800. The number of rotatable bonds is 7. The molecule has 2 atom stereocenters. The Morgan fingerprint density at radius 2 is 2.32 bits per heavy atom. The maximum atomic E-state index is 4.93. The third-order valence-electron chi connectivity index (χ3n) is 3.71. The average Bonchev–Trinajstić information content (AvgIpc) is 2.85. The van der Waals surface area contributed by atoms with Crippen LogP contribution in [-0.4, -0.2) is 16.8 Å². The highest BCUT2D eigenvalue weighted by Crippen LogP contribution is 2.35. The molecule has 0 aromatic carbocycles.